The number of carbonyl (C=O) groups is 2. The van der Waals surface area contributed by atoms with E-state index in [4.69, 9.17) is 5.11 Å². The molecular weight excluding hydrogens is 304 g/mol. The maximum absolute atomic E-state index is 13.8. The van der Waals surface area contributed by atoms with Crippen LogP contribution in [0.4, 0.5) is 8.78 Å². The van der Waals surface area contributed by atoms with Gasteiger partial charge in [-0.15, -0.1) is 0 Å². The smallest absolute Gasteiger partial charge is 0.308 e. The molecule has 6 heteroatoms. The summed E-state index contributed by atoms with van der Waals surface area (Å²) in [7, 11) is 0. The summed E-state index contributed by atoms with van der Waals surface area (Å²) in [6.45, 7) is 1.75. The van der Waals surface area contributed by atoms with Crippen LogP contribution in [-0.4, -0.2) is 34.5 Å². The van der Waals surface area contributed by atoms with Crippen molar-refractivity contribution in [1.29, 1.82) is 0 Å². The molecule has 2 saturated carbocycles. The number of aliphatic carboxylic acids is 1. The van der Waals surface area contributed by atoms with Crippen molar-refractivity contribution >= 4 is 11.9 Å². The number of halogens is 2. The Morgan fingerprint density at radius 3 is 2.65 bits per heavy atom. The molecular formula is C17H19F2NO3. The Morgan fingerprint density at radius 1 is 1.35 bits per heavy atom. The monoisotopic (exact) mass is 323 g/mol. The molecule has 0 heterocycles. The van der Waals surface area contributed by atoms with E-state index in [-0.39, 0.29) is 35.9 Å². The number of carboxylic acids is 1. The van der Waals surface area contributed by atoms with Crippen molar-refractivity contribution in [2.24, 2.45) is 11.8 Å². The fourth-order valence-electron chi connectivity index (χ4n) is 3.00. The first-order valence-corrected chi connectivity index (χ1v) is 7.86. The third-order valence-corrected chi connectivity index (χ3v) is 4.63. The maximum atomic E-state index is 13.8. The summed E-state index contributed by atoms with van der Waals surface area (Å²) >= 11 is 0. The molecule has 23 heavy (non-hydrogen) atoms. The normalized spacial score (nSPS) is 24.1. The van der Waals surface area contributed by atoms with Crippen molar-refractivity contribution in [1.82, 2.24) is 4.90 Å². The first-order chi connectivity index (χ1) is 10.9. The number of carboxylic acid groups (broad SMARTS) is 1. The quantitative estimate of drug-likeness (QED) is 0.876. The van der Waals surface area contributed by atoms with Crippen LogP contribution in [0.5, 0.6) is 0 Å². The second-order valence-electron chi connectivity index (χ2n) is 6.58. The average molecular weight is 323 g/mol. The molecule has 3 rings (SSSR count). The molecule has 1 amide bonds. The highest BCUT2D eigenvalue weighted by Gasteiger charge is 2.49. The lowest BCUT2D eigenvalue weighted by molar-refractivity contribution is -0.143. The van der Waals surface area contributed by atoms with E-state index < -0.39 is 23.5 Å². The molecule has 4 nitrogen and oxygen atoms in total. The van der Waals surface area contributed by atoms with Crippen LogP contribution in [0, 0.1) is 23.5 Å². The van der Waals surface area contributed by atoms with E-state index in [0.717, 1.165) is 31.0 Å². The van der Waals surface area contributed by atoms with Gasteiger partial charge in [0.15, 0.2) is 0 Å². The Morgan fingerprint density at radius 2 is 2.04 bits per heavy atom. The van der Waals surface area contributed by atoms with Gasteiger partial charge >= 0.3 is 5.97 Å². The Bertz CT molecular complexity index is 645. The molecule has 0 radical (unpaired) electrons. The summed E-state index contributed by atoms with van der Waals surface area (Å²) in [5.41, 5.74) is 0.241. The third-order valence-electron chi connectivity index (χ3n) is 4.63. The zero-order valence-corrected chi connectivity index (χ0v) is 12.8. The molecule has 0 aliphatic heterocycles. The van der Waals surface area contributed by atoms with Gasteiger partial charge in [-0.2, -0.15) is 0 Å². The van der Waals surface area contributed by atoms with Gasteiger partial charge in [0.1, 0.15) is 11.6 Å². The Hall–Kier alpha value is -1.98. The zero-order valence-electron chi connectivity index (χ0n) is 12.8. The molecule has 3 atom stereocenters. The molecule has 0 spiro atoms. The SMILES string of the molecule is C[C@H](CN(C(=O)[C@@H]1C[C@@H]1c1cc(F)ccc1F)C1CC1)C(=O)O. The van der Waals surface area contributed by atoms with E-state index >= 15 is 0 Å². The molecule has 0 bridgehead atoms. The van der Waals surface area contributed by atoms with E-state index in [1.54, 1.807) is 11.8 Å². The van der Waals surface area contributed by atoms with Gasteiger partial charge in [-0.05, 0) is 48.9 Å². The number of nitrogens with zero attached hydrogens (tertiary/aromatic N) is 1. The highest BCUT2D eigenvalue weighted by atomic mass is 19.1. The van der Waals surface area contributed by atoms with Gasteiger partial charge in [0, 0.05) is 18.5 Å². The number of hydrogen-bond donors (Lipinski definition) is 1. The topological polar surface area (TPSA) is 57.6 Å². The summed E-state index contributed by atoms with van der Waals surface area (Å²) in [4.78, 5) is 25.3. The predicted octanol–water partition coefficient (Wildman–Crippen LogP) is 2.78. The van der Waals surface area contributed by atoms with Gasteiger partial charge < -0.3 is 10.0 Å². The van der Waals surface area contributed by atoms with Crippen molar-refractivity contribution in [3.05, 3.63) is 35.4 Å². The van der Waals surface area contributed by atoms with Gasteiger partial charge in [-0.25, -0.2) is 8.78 Å². The average Bonchev–Trinajstić information content (AvgIpc) is 3.38. The summed E-state index contributed by atoms with van der Waals surface area (Å²) < 4.78 is 27.1. The highest BCUT2D eigenvalue weighted by Crippen LogP contribution is 2.50. The van der Waals surface area contributed by atoms with E-state index in [1.165, 1.54) is 0 Å². The summed E-state index contributed by atoms with van der Waals surface area (Å²) in [5, 5.41) is 9.04. The van der Waals surface area contributed by atoms with Crippen LogP contribution in [0.25, 0.3) is 0 Å². The Kier molecular flexibility index (Phi) is 4.08. The van der Waals surface area contributed by atoms with Gasteiger partial charge in [0.05, 0.1) is 5.92 Å². The first-order valence-electron chi connectivity index (χ1n) is 7.86. The zero-order chi connectivity index (χ0) is 16.7. The van der Waals surface area contributed by atoms with E-state index in [9.17, 15) is 18.4 Å². The van der Waals surface area contributed by atoms with Crippen LogP contribution in [-0.2, 0) is 9.59 Å². The van der Waals surface area contributed by atoms with E-state index in [1.807, 2.05) is 0 Å². The maximum Gasteiger partial charge on any atom is 0.308 e. The third kappa shape index (κ3) is 3.35. The van der Waals surface area contributed by atoms with Crippen LogP contribution in [0.2, 0.25) is 0 Å². The number of hydrogen-bond acceptors (Lipinski definition) is 2. The number of benzene rings is 1. The summed E-state index contributed by atoms with van der Waals surface area (Å²) in [6.07, 6.45) is 2.25. The van der Waals surface area contributed by atoms with Crippen molar-refractivity contribution in [3.8, 4) is 0 Å². The highest BCUT2D eigenvalue weighted by molar-refractivity contribution is 5.84. The van der Waals surface area contributed by atoms with Crippen LogP contribution < -0.4 is 0 Å². The molecule has 124 valence electrons. The molecule has 1 aromatic carbocycles. The Labute approximate surface area is 133 Å². The predicted molar refractivity (Wildman–Crippen MR) is 78.7 cm³/mol. The molecule has 2 aliphatic carbocycles. The lowest BCUT2D eigenvalue weighted by Crippen LogP contribution is -2.39. The number of carbonyl (C=O) groups excluding carboxylic acids is 1. The fraction of sp³-hybridized carbons (Fsp3) is 0.529. The van der Waals surface area contributed by atoms with E-state index in [0.29, 0.717) is 6.42 Å². The minimum atomic E-state index is -0.938. The largest absolute Gasteiger partial charge is 0.481 e. The van der Waals surface area contributed by atoms with Crippen LogP contribution in [0.1, 0.15) is 37.7 Å². The van der Waals surface area contributed by atoms with Crippen molar-refractivity contribution in [2.45, 2.75) is 38.1 Å². The summed E-state index contributed by atoms with van der Waals surface area (Å²) in [6, 6.07) is 3.39. The molecule has 2 fully saturated rings. The van der Waals surface area contributed by atoms with Crippen molar-refractivity contribution < 1.29 is 23.5 Å². The van der Waals surface area contributed by atoms with Gasteiger partial charge in [-0.3, -0.25) is 9.59 Å². The lowest BCUT2D eigenvalue weighted by Gasteiger charge is -2.24. The number of rotatable bonds is 6. The van der Waals surface area contributed by atoms with E-state index in [2.05, 4.69) is 0 Å². The van der Waals surface area contributed by atoms with Gasteiger partial charge in [-0.1, -0.05) is 6.92 Å². The minimum Gasteiger partial charge on any atom is -0.481 e. The molecule has 1 N–H and O–H groups in total. The molecule has 2 aliphatic rings. The second kappa shape index (κ2) is 5.91. The fourth-order valence-corrected chi connectivity index (χ4v) is 3.00. The molecule has 1 aromatic rings. The van der Waals surface area contributed by atoms with Crippen molar-refractivity contribution in [3.63, 3.8) is 0 Å². The van der Waals surface area contributed by atoms with Crippen LogP contribution in [0.15, 0.2) is 18.2 Å². The Balaban J connectivity index is 1.70. The van der Waals surface area contributed by atoms with Crippen LogP contribution >= 0.6 is 0 Å². The van der Waals surface area contributed by atoms with Crippen LogP contribution in [0.3, 0.4) is 0 Å². The minimum absolute atomic E-state index is 0.0999. The van der Waals surface area contributed by atoms with Gasteiger partial charge in [0.25, 0.3) is 0 Å². The molecule has 0 saturated heterocycles. The second-order valence-corrected chi connectivity index (χ2v) is 6.58. The molecule has 0 aromatic heterocycles. The lowest BCUT2D eigenvalue weighted by atomic mass is 10.1. The number of amides is 1. The molecule has 0 unspecified atom stereocenters. The summed E-state index contributed by atoms with van der Waals surface area (Å²) in [5.74, 6) is -3.39. The van der Waals surface area contributed by atoms with Crippen molar-refractivity contribution in [2.75, 3.05) is 6.54 Å². The standard InChI is InChI=1S/C17H19F2NO3/c1-9(17(22)23)8-20(11-3-4-11)16(21)14-7-12(14)13-6-10(18)2-5-15(13)19/h2,5-6,9,11-12,14H,3-4,7-8H2,1H3,(H,22,23)/t9-,12-,14-/m1/s1. The van der Waals surface area contributed by atoms with Gasteiger partial charge in [0.2, 0.25) is 5.91 Å². The first kappa shape index (κ1) is 15.9.